The third kappa shape index (κ3) is 5.43. The first-order valence-electron chi connectivity index (χ1n) is 8.10. The van der Waals surface area contributed by atoms with Crippen molar-refractivity contribution in [2.75, 3.05) is 11.9 Å². The minimum absolute atomic E-state index is 0.238. The molecular formula is C19H21Cl2NO2. The van der Waals surface area contributed by atoms with Gasteiger partial charge in [0.15, 0.2) is 0 Å². The molecule has 3 nitrogen and oxygen atoms in total. The maximum atomic E-state index is 12.5. The molecule has 0 radical (unpaired) electrons. The molecule has 2 aromatic carbocycles. The van der Waals surface area contributed by atoms with Crippen LogP contribution in [-0.4, -0.2) is 12.5 Å². The maximum Gasteiger partial charge on any atom is 0.259 e. The van der Waals surface area contributed by atoms with E-state index in [9.17, 15) is 4.79 Å². The van der Waals surface area contributed by atoms with E-state index in [0.29, 0.717) is 33.7 Å². The van der Waals surface area contributed by atoms with E-state index in [1.807, 2.05) is 18.2 Å². The molecule has 0 unspecified atom stereocenters. The number of halogens is 2. The predicted octanol–water partition coefficient (Wildman–Crippen LogP) is 6.20. The van der Waals surface area contributed by atoms with Gasteiger partial charge in [0, 0.05) is 5.69 Å². The lowest BCUT2D eigenvalue weighted by molar-refractivity contribution is 0.102. The molecule has 2 rings (SSSR count). The minimum Gasteiger partial charge on any atom is -0.493 e. The summed E-state index contributed by atoms with van der Waals surface area (Å²) in [6.45, 7) is 2.78. The van der Waals surface area contributed by atoms with Crippen molar-refractivity contribution in [2.24, 2.45) is 0 Å². The van der Waals surface area contributed by atoms with E-state index in [-0.39, 0.29) is 5.91 Å². The van der Waals surface area contributed by atoms with Crippen molar-refractivity contribution < 1.29 is 9.53 Å². The predicted molar refractivity (Wildman–Crippen MR) is 100 cm³/mol. The van der Waals surface area contributed by atoms with E-state index in [1.165, 1.54) is 12.8 Å². The van der Waals surface area contributed by atoms with Gasteiger partial charge in [0.1, 0.15) is 5.75 Å². The maximum absolute atomic E-state index is 12.5. The molecule has 128 valence electrons. The monoisotopic (exact) mass is 365 g/mol. The number of carbonyl (C=O) groups is 1. The van der Waals surface area contributed by atoms with Crippen molar-refractivity contribution in [3.05, 3.63) is 58.1 Å². The number of benzene rings is 2. The topological polar surface area (TPSA) is 38.3 Å². The van der Waals surface area contributed by atoms with Gasteiger partial charge < -0.3 is 10.1 Å². The van der Waals surface area contributed by atoms with Crippen LogP contribution in [0.3, 0.4) is 0 Å². The molecule has 2 aromatic rings. The lowest BCUT2D eigenvalue weighted by Gasteiger charge is -2.12. The molecule has 0 saturated carbocycles. The molecule has 0 fully saturated rings. The molecule has 0 atom stereocenters. The molecule has 0 aliphatic carbocycles. The molecule has 1 amide bonds. The van der Waals surface area contributed by atoms with Crippen molar-refractivity contribution >= 4 is 34.8 Å². The average Bonchev–Trinajstić information content (AvgIpc) is 2.58. The zero-order chi connectivity index (χ0) is 17.4. The Morgan fingerprint density at radius 2 is 1.83 bits per heavy atom. The van der Waals surface area contributed by atoms with Gasteiger partial charge in [-0.05, 0) is 36.8 Å². The van der Waals surface area contributed by atoms with Crippen LogP contribution in [0, 0.1) is 0 Å². The van der Waals surface area contributed by atoms with E-state index in [1.54, 1.807) is 24.3 Å². The normalized spacial score (nSPS) is 10.5. The summed E-state index contributed by atoms with van der Waals surface area (Å²) < 4.78 is 5.78. The number of amides is 1. The van der Waals surface area contributed by atoms with Gasteiger partial charge in [-0.15, -0.1) is 0 Å². The van der Waals surface area contributed by atoms with E-state index < -0.39 is 0 Å². The number of anilines is 1. The Labute approximate surface area is 152 Å². The van der Waals surface area contributed by atoms with Gasteiger partial charge in [-0.25, -0.2) is 0 Å². The van der Waals surface area contributed by atoms with Crippen molar-refractivity contribution in [1.29, 1.82) is 0 Å². The lowest BCUT2D eigenvalue weighted by atomic mass is 10.1. The second-order valence-corrected chi connectivity index (χ2v) is 6.30. The molecule has 0 heterocycles. The number of para-hydroxylation sites is 1. The number of hydrogen-bond acceptors (Lipinski definition) is 2. The molecule has 24 heavy (non-hydrogen) atoms. The Kier molecular flexibility index (Phi) is 7.41. The summed E-state index contributed by atoms with van der Waals surface area (Å²) in [5.41, 5.74) is 1.09. The smallest absolute Gasteiger partial charge is 0.259 e. The Morgan fingerprint density at radius 3 is 2.58 bits per heavy atom. The number of carbonyl (C=O) groups excluding carboxylic acids is 1. The van der Waals surface area contributed by atoms with Crippen LogP contribution in [0.1, 0.15) is 43.0 Å². The van der Waals surface area contributed by atoms with Crippen molar-refractivity contribution in [3.8, 4) is 5.75 Å². The quantitative estimate of drug-likeness (QED) is 0.565. The van der Waals surface area contributed by atoms with Gasteiger partial charge in [-0.1, -0.05) is 61.5 Å². The summed E-state index contributed by atoms with van der Waals surface area (Å²) >= 11 is 11.9. The summed E-state index contributed by atoms with van der Waals surface area (Å²) in [6, 6.07) is 12.2. The highest BCUT2D eigenvalue weighted by molar-refractivity contribution is 6.42. The average molecular weight is 366 g/mol. The summed E-state index contributed by atoms with van der Waals surface area (Å²) in [4.78, 5) is 12.5. The number of nitrogens with one attached hydrogen (secondary N) is 1. The Morgan fingerprint density at radius 1 is 1.04 bits per heavy atom. The Balaban J connectivity index is 2.02. The highest BCUT2D eigenvalue weighted by Gasteiger charge is 2.13. The first kappa shape index (κ1) is 18.6. The van der Waals surface area contributed by atoms with E-state index in [2.05, 4.69) is 12.2 Å². The minimum atomic E-state index is -0.238. The molecule has 0 saturated heterocycles. The molecule has 0 aliphatic heterocycles. The highest BCUT2D eigenvalue weighted by atomic mass is 35.5. The number of rotatable bonds is 8. The van der Waals surface area contributed by atoms with Crippen molar-refractivity contribution in [3.63, 3.8) is 0 Å². The van der Waals surface area contributed by atoms with Crippen molar-refractivity contribution in [1.82, 2.24) is 0 Å². The number of unbranched alkanes of at least 4 members (excludes halogenated alkanes) is 3. The standard InChI is InChI=1S/C19H21Cl2NO2/c1-2-3-4-7-12-24-18-9-6-5-8-15(18)19(23)22-14-10-11-16(20)17(21)13-14/h5-6,8-11,13H,2-4,7,12H2,1H3,(H,22,23). The van der Waals surface area contributed by atoms with Gasteiger partial charge in [0.25, 0.3) is 5.91 Å². The third-order valence-corrected chi connectivity index (χ3v) is 4.30. The fourth-order valence-electron chi connectivity index (χ4n) is 2.26. The van der Waals surface area contributed by atoms with Crippen LogP contribution in [0.5, 0.6) is 5.75 Å². The van der Waals surface area contributed by atoms with Crippen LogP contribution >= 0.6 is 23.2 Å². The first-order chi connectivity index (χ1) is 11.6. The van der Waals surface area contributed by atoms with Crippen molar-refractivity contribution in [2.45, 2.75) is 32.6 Å². The SMILES string of the molecule is CCCCCCOc1ccccc1C(=O)Nc1ccc(Cl)c(Cl)c1. The van der Waals surface area contributed by atoms with Gasteiger partial charge in [-0.2, -0.15) is 0 Å². The summed E-state index contributed by atoms with van der Waals surface area (Å²) in [5.74, 6) is 0.351. The van der Waals surface area contributed by atoms with Gasteiger partial charge in [0.05, 0.1) is 22.2 Å². The fraction of sp³-hybridized carbons (Fsp3) is 0.316. The lowest BCUT2D eigenvalue weighted by Crippen LogP contribution is -2.14. The molecule has 1 N–H and O–H groups in total. The van der Waals surface area contributed by atoms with Crippen LogP contribution in [0.4, 0.5) is 5.69 Å². The van der Waals surface area contributed by atoms with E-state index in [4.69, 9.17) is 27.9 Å². The van der Waals surface area contributed by atoms with Gasteiger partial charge in [0.2, 0.25) is 0 Å². The largest absolute Gasteiger partial charge is 0.493 e. The summed E-state index contributed by atoms with van der Waals surface area (Å²) in [7, 11) is 0. The van der Waals surface area contributed by atoms with E-state index in [0.717, 1.165) is 12.8 Å². The molecule has 0 aromatic heterocycles. The second-order valence-electron chi connectivity index (χ2n) is 5.49. The molecule has 0 spiro atoms. The summed E-state index contributed by atoms with van der Waals surface area (Å²) in [6.07, 6.45) is 4.50. The van der Waals surface area contributed by atoms with Gasteiger partial charge >= 0.3 is 0 Å². The third-order valence-electron chi connectivity index (χ3n) is 3.56. The van der Waals surface area contributed by atoms with E-state index >= 15 is 0 Å². The van der Waals surface area contributed by atoms with Crippen LogP contribution < -0.4 is 10.1 Å². The molecule has 0 aliphatic rings. The fourth-order valence-corrected chi connectivity index (χ4v) is 2.56. The van der Waals surface area contributed by atoms with Crippen LogP contribution in [-0.2, 0) is 0 Å². The van der Waals surface area contributed by atoms with Crippen LogP contribution in [0.15, 0.2) is 42.5 Å². The Hall–Kier alpha value is -1.71. The molecule has 0 bridgehead atoms. The zero-order valence-corrected chi connectivity index (χ0v) is 15.2. The Bertz CT molecular complexity index is 689. The highest BCUT2D eigenvalue weighted by Crippen LogP contribution is 2.26. The zero-order valence-electron chi connectivity index (χ0n) is 13.6. The summed E-state index contributed by atoms with van der Waals surface area (Å²) in [5, 5.41) is 3.66. The van der Waals surface area contributed by atoms with Crippen LogP contribution in [0.2, 0.25) is 10.0 Å². The second kappa shape index (κ2) is 9.55. The number of ether oxygens (including phenoxy) is 1. The number of hydrogen-bond donors (Lipinski definition) is 1. The first-order valence-corrected chi connectivity index (χ1v) is 8.85. The molecule has 5 heteroatoms. The molecular weight excluding hydrogens is 345 g/mol. The van der Waals surface area contributed by atoms with Crippen LogP contribution in [0.25, 0.3) is 0 Å². The van der Waals surface area contributed by atoms with Gasteiger partial charge in [-0.3, -0.25) is 4.79 Å².